The largest absolute Gasteiger partial charge is 0.456 e. The van der Waals surface area contributed by atoms with Gasteiger partial charge >= 0.3 is 12.1 Å². The summed E-state index contributed by atoms with van der Waals surface area (Å²) in [6.07, 6.45) is 1.10. The summed E-state index contributed by atoms with van der Waals surface area (Å²) in [6, 6.07) is 1.63. The van der Waals surface area contributed by atoms with Crippen LogP contribution in [0.15, 0.2) is 12.3 Å². The van der Waals surface area contributed by atoms with E-state index in [0.717, 1.165) is 0 Å². The van der Waals surface area contributed by atoms with E-state index in [1.807, 2.05) is 0 Å². The van der Waals surface area contributed by atoms with E-state index in [1.165, 1.54) is 0 Å². The Bertz CT molecular complexity index is 506. The molecule has 0 saturated heterocycles. The number of hydrogen-bond acceptors (Lipinski definition) is 4. The molecule has 21 heavy (non-hydrogen) atoms. The molecule has 1 aromatic heterocycles. The third-order valence-electron chi connectivity index (χ3n) is 2.26. The minimum absolute atomic E-state index is 0.163. The topological polar surface area (TPSA) is 80.4 Å². The Morgan fingerprint density at radius 1 is 1.10 bits per heavy atom. The normalized spacial score (nSPS) is 11.9. The lowest BCUT2D eigenvalue weighted by atomic mass is 10.2. The fraction of sp³-hybridized carbons (Fsp3) is 0.600. The number of aromatic amines is 1. The van der Waals surface area contributed by atoms with E-state index in [0.29, 0.717) is 11.3 Å². The van der Waals surface area contributed by atoms with Gasteiger partial charge in [0.2, 0.25) is 0 Å². The Kier molecular flexibility index (Phi) is 5.04. The molecule has 0 bridgehead atoms. The van der Waals surface area contributed by atoms with Gasteiger partial charge in [0.15, 0.2) is 0 Å². The second-order valence-electron chi connectivity index (χ2n) is 6.73. The van der Waals surface area contributed by atoms with Crippen LogP contribution in [0.1, 0.15) is 57.6 Å². The van der Waals surface area contributed by atoms with Crippen LogP contribution in [0.3, 0.4) is 0 Å². The van der Waals surface area contributed by atoms with E-state index >= 15 is 0 Å². The highest BCUT2D eigenvalue weighted by molar-refractivity contribution is 5.91. The van der Waals surface area contributed by atoms with Crippen LogP contribution in [0.4, 0.5) is 4.79 Å². The number of ether oxygens (including phenoxy) is 2. The quantitative estimate of drug-likeness (QED) is 0.840. The molecule has 0 spiro atoms. The highest BCUT2D eigenvalue weighted by atomic mass is 16.6. The second kappa shape index (κ2) is 6.20. The first-order valence-electron chi connectivity index (χ1n) is 6.84. The average molecular weight is 296 g/mol. The second-order valence-corrected chi connectivity index (χ2v) is 6.73. The van der Waals surface area contributed by atoms with Crippen LogP contribution < -0.4 is 5.32 Å². The molecule has 0 fully saturated rings. The third kappa shape index (κ3) is 6.33. The Balaban J connectivity index is 2.64. The first-order chi connectivity index (χ1) is 9.48. The maximum atomic E-state index is 12.0. The zero-order chi connectivity index (χ0) is 16.3. The smallest absolute Gasteiger partial charge is 0.407 e. The summed E-state index contributed by atoms with van der Waals surface area (Å²) >= 11 is 0. The number of esters is 1. The predicted octanol–water partition coefficient (Wildman–Crippen LogP) is 2.99. The van der Waals surface area contributed by atoms with E-state index in [4.69, 9.17) is 9.47 Å². The molecule has 0 atom stereocenters. The van der Waals surface area contributed by atoms with Gasteiger partial charge in [-0.3, -0.25) is 0 Å². The molecule has 6 heteroatoms. The molecule has 1 amide bonds. The summed E-state index contributed by atoms with van der Waals surface area (Å²) in [5.41, 5.74) is -0.144. The highest BCUT2D eigenvalue weighted by Crippen LogP contribution is 2.15. The molecule has 1 rings (SSSR count). The van der Waals surface area contributed by atoms with Gasteiger partial charge in [0.25, 0.3) is 0 Å². The molecule has 1 aromatic rings. The van der Waals surface area contributed by atoms with Gasteiger partial charge in [0, 0.05) is 11.9 Å². The Labute approximate surface area is 125 Å². The van der Waals surface area contributed by atoms with Crippen molar-refractivity contribution in [2.45, 2.75) is 59.3 Å². The molecule has 0 saturated carbocycles. The third-order valence-corrected chi connectivity index (χ3v) is 2.26. The summed E-state index contributed by atoms with van der Waals surface area (Å²) in [7, 11) is 0. The molecule has 0 aliphatic rings. The molecule has 118 valence electrons. The zero-order valence-corrected chi connectivity index (χ0v) is 13.5. The molecular formula is C15H24N2O4. The lowest BCUT2D eigenvalue weighted by Gasteiger charge is -2.20. The summed E-state index contributed by atoms with van der Waals surface area (Å²) in [5.74, 6) is -0.426. The number of aromatic nitrogens is 1. The molecule has 0 aromatic carbocycles. The molecule has 2 N–H and O–H groups in total. The number of alkyl carbamates (subject to hydrolysis) is 1. The van der Waals surface area contributed by atoms with Crippen molar-refractivity contribution in [2.24, 2.45) is 0 Å². The van der Waals surface area contributed by atoms with Crippen molar-refractivity contribution in [3.63, 3.8) is 0 Å². The Morgan fingerprint density at radius 2 is 1.67 bits per heavy atom. The fourth-order valence-electron chi connectivity index (χ4n) is 1.55. The predicted molar refractivity (Wildman–Crippen MR) is 79.0 cm³/mol. The number of H-pyrrole nitrogens is 1. The van der Waals surface area contributed by atoms with Crippen LogP contribution in [0, 0.1) is 0 Å². The van der Waals surface area contributed by atoms with Crippen LogP contribution in [-0.2, 0) is 16.0 Å². The van der Waals surface area contributed by atoms with E-state index in [1.54, 1.807) is 53.8 Å². The van der Waals surface area contributed by atoms with Crippen molar-refractivity contribution < 1.29 is 19.1 Å². The van der Waals surface area contributed by atoms with Crippen molar-refractivity contribution in [3.05, 3.63) is 23.5 Å². The first kappa shape index (κ1) is 17.1. The van der Waals surface area contributed by atoms with Crippen molar-refractivity contribution >= 4 is 12.1 Å². The van der Waals surface area contributed by atoms with Gasteiger partial charge in [-0.05, 0) is 47.6 Å². The molecule has 1 heterocycles. The van der Waals surface area contributed by atoms with E-state index < -0.39 is 23.3 Å². The standard InChI is InChI=1S/C15H24N2O4/c1-14(2,3)20-12(18)10-7-8-16-11(10)9-17-13(19)21-15(4,5)6/h7-8,16H,9H2,1-6H3,(H,17,19). The molecule has 0 unspecified atom stereocenters. The Hall–Kier alpha value is -1.98. The monoisotopic (exact) mass is 296 g/mol. The fourth-order valence-corrected chi connectivity index (χ4v) is 1.55. The van der Waals surface area contributed by atoms with Crippen molar-refractivity contribution in [1.29, 1.82) is 0 Å². The minimum Gasteiger partial charge on any atom is -0.456 e. The first-order valence-corrected chi connectivity index (χ1v) is 6.84. The van der Waals surface area contributed by atoms with E-state index in [2.05, 4.69) is 10.3 Å². The number of rotatable bonds is 3. The SMILES string of the molecule is CC(C)(C)OC(=O)NCc1[nH]ccc1C(=O)OC(C)(C)C. The average Bonchev–Trinajstić information content (AvgIpc) is 2.69. The highest BCUT2D eigenvalue weighted by Gasteiger charge is 2.22. The summed E-state index contributed by atoms with van der Waals surface area (Å²) in [6.45, 7) is 10.9. The van der Waals surface area contributed by atoms with Gasteiger partial charge < -0.3 is 19.8 Å². The van der Waals surface area contributed by atoms with Gasteiger partial charge in [-0.15, -0.1) is 0 Å². The van der Waals surface area contributed by atoms with Gasteiger partial charge in [-0.1, -0.05) is 0 Å². The van der Waals surface area contributed by atoms with Crippen LogP contribution in [0.2, 0.25) is 0 Å². The van der Waals surface area contributed by atoms with Gasteiger partial charge in [-0.2, -0.15) is 0 Å². The molecular weight excluding hydrogens is 272 g/mol. The lowest BCUT2D eigenvalue weighted by Crippen LogP contribution is -2.32. The molecule has 0 radical (unpaired) electrons. The maximum absolute atomic E-state index is 12.0. The molecule has 6 nitrogen and oxygen atoms in total. The van der Waals surface area contributed by atoms with E-state index in [-0.39, 0.29) is 6.54 Å². The van der Waals surface area contributed by atoms with Crippen LogP contribution >= 0.6 is 0 Å². The Morgan fingerprint density at radius 3 is 2.19 bits per heavy atom. The number of carbonyl (C=O) groups is 2. The van der Waals surface area contributed by atoms with Crippen LogP contribution in [0.5, 0.6) is 0 Å². The number of amides is 1. The van der Waals surface area contributed by atoms with E-state index in [9.17, 15) is 9.59 Å². The van der Waals surface area contributed by atoms with Crippen molar-refractivity contribution in [3.8, 4) is 0 Å². The minimum atomic E-state index is -0.565. The summed E-state index contributed by atoms with van der Waals surface area (Å²) < 4.78 is 10.4. The maximum Gasteiger partial charge on any atom is 0.407 e. The molecule has 0 aliphatic carbocycles. The van der Waals surface area contributed by atoms with Gasteiger partial charge in [-0.25, -0.2) is 9.59 Å². The van der Waals surface area contributed by atoms with Gasteiger partial charge in [0.1, 0.15) is 11.2 Å². The van der Waals surface area contributed by atoms with Gasteiger partial charge in [0.05, 0.1) is 12.1 Å². The van der Waals surface area contributed by atoms with Crippen LogP contribution in [0.25, 0.3) is 0 Å². The van der Waals surface area contributed by atoms with Crippen molar-refractivity contribution in [2.75, 3.05) is 0 Å². The lowest BCUT2D eigenvalue weighted by molar-refractivity contribution is 0.00673. The van der Waals surface area contributed by atoms with Crippen molar-refractivity contribution in [1.82, 2.24) is 10.3 Å². The number of carbonyl (C=O) groups excluding carboxylic acids is 2. The number of hydrogen-bond donors (Lipinski definition) is 2. The molecule has 0 aliphatic heterocycles. The summed E-state index contributed by atoms with van der Waals surface area (Å²) in [5, 5.41) is 2.60. The van der Waals surface area contributed by atoms with Crippen LogP contribution in [-0.4, -0.2) is 28.2 Å². The zero-order valence-electron chi connectivity index (χ0n) is 13.5. The number of nitrogens with one attached hydrogen (secondary N) is 2. The summed E-state index contributed by atoms with van der Waals surface area (Å²) in [4.78, 5) is 26.5.